The van der Waals surface area contributed by atoms with Gasteiger partial charge in [-0.05, 0) is 67.4 Å². The lowest BCUT2D eigenvalue weighted by Gasteiger charge is -2.12. The number of benzene rings is 2. The lowest BCUT2D eigenvalue weighted by atomic mass is 10.1. The lowest BCUT2D eigenvalue weighted by molar-refractivity contribution is 0.100. The number of nitrogens with zero attached hydrogens (tertiary/aromatic N) is 5. The molecule has 0 aliphatic rings. The van der Waals surface area contributed by atoms with Crippen LogP contribution in [0, 0.1) is 13.8 Å². The highest BCUT2D eigenvalue weighted by Gasteiger charge is 2.16. The van der Waals surface area contributed by atoms with Gasteiger partial charge in [0.25, 0.3) is 0 Å². The van der Waals surface area contributed by atoms with Crippen LogP contribution >= 0.6 is 0 Å². The van der Waals surface area contributed by atoms with E-state index in [-0.39, 0.29) is 0 Å². The van der Waals surface area contributed by atoms with Gasteiger partial charge < -0.3 is 5.73 Å². The van der Waals surface area contributed by atoms with E-state index in [1.807, 2.05) is 16.7 Å². The topological polar surface area (TPSA) is 99.6 Å². The molecule has 2 N–H and O–H groups in total. The molecule has 0 unspecified atom stereocenters. The van der Waals surface area contributed by atoms with Gasteiger partial charge in [-0.3, -0.25) is 14.3 Å². The van der Waals surface area contributed by atoms with Gasteiger partial charge in [0.05, 0.1) is 16.6 Å². The average molecular weight is 394 g/mol. The predicted octanol–water partition coefficient (Wildman–Crippen LogP) is 3.75. The molecular formula is C23H18N6O. The highest BCUT2D eigenvalue weighted by Crippen LogP contribution is 2.28. The van der Waals surface area contributed by atoms with Crippen LogP contribution in [0.2, 0.25) is 0 Å². The average Bonchev–Trinajstić information content (AvgIpc) is 3.15. The van der Waals surface area contributed by atoms with Gasteiger partial charge in [-0.25, -0.2) is 15.0 Å². The van der Waals surface area contributed by atoms with Crippen LogP contribution in [0.5, 0.6) is 0 Å². The number of primary amides is 1. The normalized spacial score (nSPS) is 11.3. The van der Waals surface area contributed by atoms with Crippen molar-refractivity contribution in [3.63, 3.8) is 0 Å². The number of rotatable bonds is 3. The molecule has 0 aliphatic carbocycles. The van der Waals surface area contributed by atoms with Crippen LogP contribution in [0.1, 0.15) is 21.5 Å². The van der Waals surface area contributed by atoms with Gasteiger partial charge in [0.2, 0.25) is 5.91 Å². The van der Waals surface area contributed by atoms with Crippen molar-refractivity contribution < 1.29 is 4.79 Å². The van der Waals surface area contributed by atoms with Crippen LogP contribution in [-0.4, -0.2) is 30.4 Å². The number of aryl methyl sites for hydroxylation is 2. The summed E-state index contributed by atoms with van der Waals surface area (Å²) in [5, 5.41) is 0.719. The Morgan fingerprint density at radius 1 is 1.00 bits per heavy atom. The van der Waals surface area contributed by atoms with Gasteiger partial charge in [0, 0.05) is 28.9 Å². The Morgan fingerprint density at radius 2 is 1.83 bits per heavy atom. The Hall–Kier alpha value is -4.13. The molecule has 5 aromatic rings. The molecule has 2 aromatic carbocycles. The molecule has 0 saturated carbocycles. The summed E-state index contributed by atoms with van der Waals surface area (Å²) in [5.74, 6) is 0.678. The minimum Gasteiger partial charge on any atom is -0.366 e. The first-order valence-corrected chi connectivity index (χ1v) is 9.48. The van der Waals surface area contributed by atoms with Crippen molar-refractivity contribution in [3.05, 3.63) is 77.9 Å². The third kappa shape index (κ3) is 2.88. The number of aromatic nitrogens is 5. The van der Waals surface area contributed by atoms with E-state index in [2.05, 4.69) is 35.9 Å². The van der Waals surface area contributed by atoms with E-state index in [4.69, 9.17) is 15.7 Å². The molecule has 7 heteroatoms. The zero-order valence-electron chi connectivity index (χ0n) is 16.5. The zero-order valence-corrected chi connectivity index (χ0v) is 16.5. The standard InChI is InChI=1S/C23H18N6O/c1-13-8-19-20(9-14(13)2)29(12-26-19)23-17-10-15(21(24)30)5-6-18(17)27-22(28-23)16-4-3-7-25-11-16/h3-12H,1-2H3,(H2,24,30). The molecule has 0 spiro atoms. The summed E-state index contributed by atoms with van der Waals surface area (Å²) in [4.78, 5) is 30.1. The van der Waals surface area contributed by atoms with Crippen molar-refractivity contribution in [2.75, 3.05) is 0 Å². The van der Waals surface area contributed by atoms with E-state index in [9.17, 15) is 4.79 Å². The quantitative estimate of drug-likeness (QED) is 0.502. The zero-order chi connectivity index (χ0) is 20.8. The number of carbonyl (C=O) groups is 1. The Balaban J connectivity index is 1.86. The molecule has 0 atom stereocenters. The Bertz CT molecular complexity index is 1440. The van der Waals surface area contributed by atoms with Crippen LogP contribution in [0.25, 0.3) is 39.1 Å². The maximum Gasteiger partial charge on any atom is 0.248 e. The molecule has 3 aromatic heterocycles. The molecule has 7 nitrogen and oxygen atoms in total. The summed E-state index contributed by atoms with van der Waals surface area (Å²) >= 11 is 0. The maximum atomic E-state index is 11.8. The fourth-order valence-corrected chi connectivity index (χ4v) is 3.51. The number of pyridine rings is 1. The number of fused-ring (bicyclic) bond motifs is 2. The Morgan fingerprint density at radius 3 is 2.60 bits per heavy atom. The molecular weight excluding hydrogens is 376 g/mol. The van der Waals surface area contributed by atoms with Crippen molar-refractivity contribution in [2.24, 2.45) is 5.73 Å². The molecule has 0 bridgehead atoms. The number of imidazole rings is 1. The largest absolute Gasteiger partial charge is 0.366 e. The maximum absolute atomic E-state index is 11.8. The van der Waals surface area contributed by atoms with Crippen molar-refractivity contribution >= 4 is 27.8 Å². The summed E-state index contributed by atoms with van der Waals surface area (Å²) in [6.45, 7) is 4.13. The van der Waals surface area contributed by atoms with Gasteiger partial charge >= 0.3 is 0 Å². The minimum atomic E-state index is -0.499. The highest BCUT2D eigenvalue weighted by atomic mass is 16.1. The van der Waals surface area contributed by atoms with E-state index in [0.29, 0.717) is 22.7 Å². The minimum absolute atomic E-state index is 0.401. The van der Waals surface area contributed by atoms with Crippen molar-refractivity contribution in [3.8, 4) is 17.2 Å². The smallest absolute Gasteiger partial charge is 0.248 e. The van der Waals surface area contributed by atoms with Crippen molar-refractivity contribution in [1.82, 2.24) is 24.5 Å². The number of carbonyl (C=O) groups excluding carboxylic acids is 1. The van der Waals surface area contributed by atoms with Gasteiger partial charge in [0.1, 0.15) is 12.1 Å². The van der Waals surface area contributed by atoms with E-state index >= 15 is 0 Å². The Kier molecular flexibility index (Phi) is 4.03. The third-order valence-corrected chi connectivity index (χ3v) is 5.27. The van der Waals surface area contributed by atoms with E-state index < -0.39 is 5.91 Å². The molecule has 1 amide bonds. The summed E-state index contributed by atoms with van der Waals surface area (Å²) in [6.07, 6.45) is 5.18. The van der Waals surface area contributed by atoms with Gasteiger partial charge in [0.15, 0.2) is 5.82 Å². The fourth-order valence-electron chi connectivity index (χ4n) is 3.51. The van der Waals surface area contributed by atoms with Crippen LogP contribution in [0.3, 0.4) is 0 Å². The number of nitrogens with two attached hydrogens (primary N) is 1. The first-order chi connectivity index (χ1) is 14.5. The number of hydrogen-bond acceptors (Lipinski definition) is 5. The second-order valence-electron chi connectivity index (χ2n) is 7.25. The van der Waals surface area contributed by atoms with Gasteiger partial charge in [-0.1, -0.05) is 0 Å². The molecule has 0 aliphatic heterocycles. The lowest BCUT2D eigenvalue weighted by Crippen LogP contribution is -2.11. The first kappa shape index (κ1) is 17.9. The SMILES string of the molecule is Cc1cc2ncn(-c3nc(-c4cccnc4)nc4ccc(C(N)=O)cc34)c2cc1C. The molecule has 3 heterocycles. The second-order valence-corrected chi connectivity index (χ2v) is 7.25. The second kappa shape index (κ2) is 6.73. The summed E-state index contributed by atoms with van der Waals surface area (Å²) in [6, 6.07) is 13.1. The Labute approximate surface area is 172 Å². The van der Waals surface area contributed by atoms with E-state index in [1.165, 1.54) is 5.56 Å². The van der Waals surface area contributed by atoms with Gasteiger partial charge in [-0.2, -0.15) is 0 Å². The molecule has 5 rings (SSSR count). The van der Waals surface area contributed by atoms with Gasteiger partial charge in [-0.15, -0.1) is 0 Å². The van der Waals surface area contributed by atoms with Crippen LogP contribution < -0.4 is 5.73 Å². The van der Waals surface area contributed by atoms with Crippen molar-refractivity contribution in [2.45, 2.75) is 13.8 Å². The molecule has 30 heavy (non-hydrogen) atoms. The van der Waals surface area contributed by atoms with Crippen LogP contribution in [-0.2, 0) is 0 Å². The third-order valence-electron chi connectivity index (χ3n) is 5.27. The highest BCUT2D eigenvalue weighted by molar-refractivity contribution is 5.99. The molecule has 146 valence electrons. The van der Waals surface area contributed by atoms with Crippen LogP contribution in [0.15, 0.2) is 61.2 Å². The molecule has 0 fully saturated rings. The van der Waals surface area contributed by atoms with E-state index in [0.717, 1.165) is 27.5 Å². The first-order valence-electron chi connectivity index (χ1n) is 9.48. The van der Waals surface area contributed by atoms with E-state index in [1.54, 1.807) is 36.9 Å². The fraction of sp³-hybridized carbons (Fsp3) is 0.0870. The summed E-state index contributed by atoms with van der Waals surface area (Å²) < 4.78 is 1.93. The summed E-state index contributed by atoms with van der Waals surface area (Å²) in [5.41, 5.74) is 11.6. The number of amides is 1. The van der Waals surface area contributed by atoms with Crippen molar-refractivity contribution in [1.29, 1.82) is 0 Å². The number of hydrogen-bond donors (Lipinski definition) is 1. The molecule has 0 saturated heterocycles. The predicted molar refractivity (Wildman–Crippen MR) is 115 cm³/mol. The summed E-state index contributed by atoms with van der Waals surface area (Å²) in [7, 11) is 0. The van der Waals surface area contributed by atoms with Crippen LogP contribution in [0.4, 0.5) is 0 Å². The monoisotopic (exact) mass is 394 g/mol. The molecule has 0 radical (unpaired) electrons.